The van der Waals surface area contributed by atoms with Crippen molar-refractivity contribution in [3.8, 4) is 0 Å². The highest BCUT2D eigenvalue weighted by molar-refractivity contribution is 9.10. The number of hydrogen-bond donors (Lipinski definition) is 1. The summed E-state index contributed by atoms with van der Waals surface area (Å²) in [6.45, 7) is 2.33. The summed E-state index contributed by atoms with van der Waals surface area (Å²) in [5, 5.41) is -0.0633. The molecule has 0 saturated heterocycles. The van der Waals surface area contributed by atoms with Gasteiger partial charge in [-0.1, -0.05) is 15.9 Å². The highest BCUT2D eigenvalue weighted by Crippen LogP contribution is 2.23. The van der Waals surface area contributed by atoms with Crippen LogP contribution in [0.25, 0.3) is 0 Å². The fourth-order valence-electron chi connectivity index (χ4n) is 1.20. The van der Waals surface area contributed by atoms with Crippen LogP contribution in [0.2, 0.25) is 0 Å². The number of nitrogens with two attached hydrogens (primary N) is 1. The number of rotatable bonds is 4. The molecular weight excluding hydrogens is 278 g/mol. The molecule has 0 aromatic heterocycles. The first-order valence-corrected chi connectivity index (χ1v) is 6.51. The zero-order valence-electron chi connectivity index (χ0n) is 8.70. The summed E-state index contributed by atoms with van der Waals surface area (Å²) in [4.78, 5) is 0.661. The van der Waals surface area contributed by atoms with Gasteiger partial charge in [0, 0.05) is 17.3 Å². The first-order chi connectivity index (χ1) is 7.06. The topological polar surface area (TPSA) is 52.3 Å². The lowest BCUT2D eigenvalue weighted by Gasteiger charge is -2.12. The van der Waals surface area contributed by atoms with E-state index < -0.39 is 10.8 Å². The summed E-state index contributed by atoms with van der Waals surface area (Å²) in [6.07, 6.45) is 0. The van der Waals surface area contributed by atoms with Gasteiger partial charge in [-0.25, -0.2) is 0 Å². The first-order valence-electron chi connectivity index (χ1n) is 4.50. The second-order valence-electron chi connectivity index (χ2n) is 3.25. The Kier molecular flexibility index (Phi) is 4.76. The standard InChI is InChI=1S/C10H14BrNO2S/c1-7(6-14-2)15(13)10-5-8(11)3-4-9(10)12/h3-5,7H,6,12H2,1-2H3. The van der Waals surface area contributed by atoms with Crippen molar-refractivity contribution in [3.05, 3.63) is 22.7 Å². The lowest BCUT2D eigenvalue weighted by Crippen LogP contribution is -2.18. The Labute approximate surface area is 101 Å². The Balaban J connectivity index is 2.95. The molecule has 1 rings (SSSR count). The van der Waals surface area contributed by atoms with Crippen LogP contribution in [0.4, 0.5) is 5.69 Å². The zero-order chi connectivity index (χ0) is 11.4. The molecule has 1 aromatic carbocycles. The molecule has 2 atom stereocenters. The fourth-order valence-corrected chi connectivity index (χ4v) is 2.94. The largest absolute Gasteiger partial charge is 0.398 e. The van der Waals surface area contributed by atoms with E-state index >= 15 is 0 Å². The second-order valence-corrected chi connectivity index (χ2v) is 6.00. The van der Waals surface area contributed by atoms with E-state index in [9.17, 15) is 4.21 Å². The SMILES string of the molecule is COCC(C)S(=O)c1cc(Br)ccc1N. The molecule has 0 radical (unpaired) electrons. The smallest absolute Gasteiger partial charge is 0.0632 e. The van der Waals surface area contributed by atoms with E-state index in [2.05, 4.69) is 15.9 Å². The van der Waals surface area contributed by atoms with Gasteiger partial charge in [0.2, 0.25) is 0 Å². The highest BCUT2D eigenvalue weighted by atomic mass is 79.9. The number of methoxy groups -OCH3 is 1. The third kappa shape index (κ3) is 3.29. The molecule has 0 bridgehead atoms. The van der Waals surface area contributed by atoms with Crippen molar-refractivity contribution in [1.29, 1.82) is 0 Å². The number of anilines is 1. The molecule has 84 valence electrons. The molecule has 0 amide bonds. The molecule has 0 aliphatic carbocycles. The number of nitrogen functional groups attached to an aromatic ring is 1. The van der Waals surface area contributed by atoms with Crippen LogP contribution in [-0.4, -0.2) is 23.2 Å². The quantitative estimate of drug-likeness (QED) is 0.865. The molecule has 0 spiro atoms. The Morgan fingerprint density at radius 3 is 2.87 bits per heavy atom. The van der Waals surface area contributed by atoms with E-state index in [0.717, 1.165) is 4.47 Å². The van der Waals surface area contributed by atoms with E-state index in [1.54, 1.807) is 19.2 Å². The second kappa shape index (κ2) is 5.63. The average molecular weight is 292 g/mol. The van der Waals surface area contributed by atoms with Crippen molar-refractivity contribution in [2.24, 2.45) is 0 Å². The number of halogens is 1. The molecule has 1 aromatic rings. The molecule has 2 N–H and O–H groups in total. The van der Waals surface area contributed by atoms with Gasteiger partial charge in [-0.3, -0.25) is 4.21 Å². The van der Waals surface area contributed by atoms with Crippen molar-refractivity contribution < 1.29 is 8.95 Å². The van der Waals surface area contributed by atoms with Crippen LogP contribution in [0.5, 0.6) is 0 Å². The summed E-state index contributed by atoms with van der Waals surface area (Å²) in [7, 11) is 0.465. The minimum atomic E-state index is -1.13. The molecule has 0 aliphatic heterocycles. The summed E-state index contributed by atoms with van der Waals surface area (Å²) in [5.74, 6) is 0. The Morgan fingerprint density at radius 1 is 1.60 bits per heavy atom. The molecule has 2 unspecified atom stereocenters. The Morgan fingerprint density at radius 2 is 2.27 bits per heavy atom. The van der Waals surface area contributed by atoms with Crippen LogP contribution in [0.1, 0.15) is 6.92 Å². The van der Waals surface area contributed by atoms with Crippen LogP contribution in [-0.2, 0) is 15.5 Å². The van der Waals surface area contributed by atoms with Gasteiger partial charge in [0.05, 0.1) is 27.6 Å². The molecule has 0 aliphatic rings. The number of ether oxygens (including phenoxy) is 1. The summed E-state index contributed by atoms with van der Waals surface area (Å²) in [6, 6.07) is 5.37. The zero-order valence-corrected chi connectivity index (χ0v) is 11.1. The van der Waals surface area contributed by atoms with Gasteiger partial charge in [-0.15, -0.1) is 0 Å². The van der Waals surface area contributed by atoms with E-state index in [4.69, 9.17) is 10.5 Å². The predicted molar refractivity (Wildman–Crippen MR) is 66.3 cm³/mol. The van der Waals surface area contributed by atoms with Gasteiger partial charge in [-0.2, -0.15) is 0 Å². The van der Waals surface area contributed by atoms with E-state index in [0.29, 0.717) is 17.2 Å². The maximum Gasteiger partial charge on any atom is 0.0632 e. The van der Waals surface area contributed by atoms with Crippen LogP contribution in [0, 0.1) is 0 Å². The van der Waals surface area contributed by atoms with Crippen LogP contribution in [0.15, 0.2) is 27.6 Å². The molecule has 3 nitrogen and oxygen atoms in total. The monoisotopic (exact) mass is 291 g/mol. The van der Waals surface area contributed by atoms with Gasteiger partial charge in [0.15, 0.2) is 0 Å². The van der Waals surface area contributed by atoms with E-state index in [1.807, 2.05) is 13.0 Å². The summed E-state index contributed by atoms with van der Waals surface area (Å²) in [5.41, 5.74) is 6.32. The molecule has 0 heterocycles. The minimum absolute atomic E-state index is 0.0633. The molecule has 5 heteroatoms. The van der Waals surface area contributed by atoms with Gasteiger partial charge in [-0.05, 0) is 25.1 Å². The number of hydrogen-bond acceptors (Lipinski definition) is 3. The summed E-state index contributed by atoms with van der Waals surface area (Å²) < 4.78 is 17.9. The molecule has 15 heavy (non-hydrogen) atoms. The lowest BCUT2D eigenvalue weighted by molar-refractivity contribution is 0.202. The minimum Gasteiger partial charge on any atom is -0.398 e. The van der Waals surface area contributed by atoms with E-state index in [-0.39, 0.29) is 5.25 Å². The predicted octanol–water partition coefficient (Wildman–Crippen LogP) is 2.17. The van der Waals surface area contributed by atoms with Crippen molar-refractivity contribution in [1.82, 2.24) is 0 Å². The molecule has 0 saturated carbocycles. The van der Waals surface area contributed by atoms with Crippen molar-refractivity contribution in [2.75, 3.05) is 19.5 Å². The third-order valence-electron chi connectivity index (χ3n) is 1.96. The Bertz CT molecular complexity index is 370. The van der Waals surface area contributed by atoms with Gasteiger partial charge >= 0.3 is 0 Å². The number of benzene rings is 1. The van der Waals surface area contributed by atoms with Crippen molar-refractivity contribution in [2.45, 2.75) is 17.1 Å². The Hall–Kier alpha value is -0.390. The highest BCUT2D eigenvalue weighted by Gasteiger charge is 2.15. The lowest BCUT2D eigenvalue weighted by atomic mass is 10.3. The van der Waals surface area contributed by atoms with Crippen LogP contribution < -0.4 is 5.73 Å². The average Bonchev–Trinajstić information content (AvgIpc) is 2.21. The maximum atomic E-state index is 12.0. The first kappa shape index (κ1) is 12.7. The van der Waals surface area contributed by atoms with Gasteiger partial charge in [0.1, 0.15) is 0 Å². The van der Waals surface area contributed by atoms with Gasteiger partial charge in [0.25, 0.3) is 0 Å². The third-order valence-corrected chi connectivity index (χ3v) is 4.11. The summed E-state index contributed by atoms with van der Waals surface area (Å²) >= 11 is 3.33. The normalized spacial score (nSPS) is 14.9. The maximum absolute atomic E-state index is 12.0. The van der Waals surface area contributed by atoms with Crippen LogP contribution in [0.3, 0.4) is 0 Å². The van der Waals surface area contributed by atoms with Crippen molar-refractivity contribution >= 4 is 32.4 Å². The molecule has 0 fully saturated rings. The van der Waals surface area contributed by atoms with E-state index in [1.165, 1.54) is 0 Å². The van der Waals surface area contributed by atoms with Crippen LogP contribution >= 0.6 is 15.9 Å². The fraction of sp³-hybridized carbons (Fsp3) is 0.400. The molecular formula is C10H14BrNO2S. The van der Waals surface area contributed by atoms with Crippen molar-refractivity contribution in [3.63, 3.8) is 0 Å². The van der Waals surface area contributed by atoms with Gasteiger partial charge < -0.3 is 10.5 Å².